The van der Waals surface area contributed by atoms with Crippen LogP contribution in [-0.4, -0.2) is 49.1 Å². The van der Waals surface area contributed by atoms with Gasteiger partial charge in [-0.15, -0.1) is 0 Å². The minimum Gasteiger partial charge on any atom is -0.492 e. The van der Waals surface area contributed by atoms with Crippen molar-refractivity contribution in [3.63, 3.8) is 0 Å². The summed E-state index contributed by atoms with van der Waals surface area (Å²) in [4.78, 5) is 4.82. The smallest absolute Gasteiger partial charge is 0.128 e. The van der Waals surface area contributed by atoms with Crippen molar-refractivity contribution in [2.24, 2.45) is 0 Å². The van der Waals surface area contributed by atoms with E-state index in [2.05, 4.69) is 9.80 Å². The van der Waals surface area contributed by atoms with Crippen LogP contribution >= 0.6 is 11.6 Å². The van der Waals surface area contributed by atoms with Crippen molar-refractivity contribution >= 4 is 11.6 Å². The van der Waals surface area contributed by atoms with Gasteiger partial charge in [-0.3, -0.25) is 4.90 Å². The molecule has 2 aromatic rings. The van der Waals surface area contributed by atoms with Crippen molar-refractivity contribution in [3.8, 4) is 5.75 Å². The Morgan fingerprint density at radius 2 is 1.81 bits per heavy atom. The summed E-state index contributed by atoms with van der Waals surface area (Å²) in [6.07, 6.45) is 2.55. The lowest BCUT2D eigenvalue weighted by atomic mass is 9.96. The lowest BCUT2D eigenvalue weighted by Gasteiger charge is -2.32. The minimum absolute atomic E-state index is 0.184. The number of hydrogen-bond donors (Lipinski definition) is 0. The van der Waals surface area contributed by atoms with Crippen LogP contribution in [0.3, 0.4) is 0 Å². The van der Waals surface area contributed by atoms with Crippen LogP contribution in [-0.2, 0) is 0 Å². The molecule has 2 heterocycles. The van der Waals surface area contributed by atoms with Crippen LogP contribution in [0.4, 0.5) is 4.39 Å². The minimum atomic E-state index is -0.185. The summed E-state index contributed by atoms with van der Waals surface area (Å²) >= 11 is 6.27. The Bertz CT molecular complexity index is 763. The fraction of sp³-hybridized carbons (Fsp3) is 0.429. The van der Waals surface area contributed by atoms with Gasteiger partial charge in [0, 0.05) is 35.8 Å². The summed E-state index contributed by atoms with van der Waals surface area (Å²) in [5.41, 5.74) is 1.63. The van der Waals surface area contributed by atoms with Crippen molar-refractivity contribution in [1.82, 2.24) is 9.80 Å². The van der Waals surface area contributed by atoms with Crippen LogP contribution < -0.4 is 4.74 Å². The summed E-state index contributed by atoms with van der Waals surface area (Å²) in [5.74, 6) is 0.614. The molecule has 0 aromatic heterocycles. The number of hydrogen-bond acceptors (Lipinski definition) is 3. The predicted molar refractivity (Wildman–Crippen MR) is 102 cm³/mol. The highest BCUT2D eigenvalue weighted by Crippen LogP contribution is 2.39. The molecule has 2 aliphatic heterocycles. The van der Waals surface area contributed by atoms with Gasteiger partial charge in [-0.2, -0.15) is 0 Å². The van der Waals surface area contributed by atoms with Crippen molar-refractivity contribution < 1.29 is 9.13 Å². The molecule has 0 radical (unpaired) electrons. The van der Waals surface area contributed by atoms with Gasteiger partial charge in [0.15, 0.2) is 0 Å². The highest BCUT2D eigenvalue weighted by molar-refractivity contribution is 6.30. The van der Waals surface area contributed by atoms with E-state index in [0.717, 1.165) is 44.0 Å². The Kier molecular flexibility index (Phi) is 5.44. The molecule has 0 aliphatic carbocycles. The number of benzene rings is 2. The van der Waals surface area contributed by atoms with E-state index < -0.39 is 0 Å². The molecule has 0 saturated carbocycles. The maximum atomic E-state index is 14.7. The van der Waals surface area contributed by atoms with E-state index in [-0.39, 0.29) is 11.9 Å². The van der Waals surface area contributed by atoms with E-state index in [1.165, 1.54) is 18.9 Å². The maximum absolute atomic E-state index is 14.7. The lowest BCUT2D eigenvalue weighted by Crippen LogP contribution is -2.38. The molecular weight excluding hydrogens is 351 g/mol. The molecule has 1 unspecified atom stereocenters. The van der Waals surface area contributed by atoms with Crippen LogP contribution in [0.5, 0.6) is 5.75 Å². The topological polar surface area (TPSA) is 15.7 Å². The molecule has 4 rings (SSSR count). The number of likely N-dealkylation sites (tertiary alicyclic amines) is 1. The summed E-state index contributed by atoms with van der Waals surface area (Å²) in [6, 6.07) is 12.5. The Morgan fingerprint density at radius 1 is 1.00 bits per heavy atom. The molecular formula is C21H24ClFN2O. The van der Waals surface area contributed by atoms with Crippen molar-refractivity contribution in [1.29, 1.82) is 0 Å². The second-order valence-corrected chi connectivity index (χ2v) is 7.48. The molecule has 1 atom stereocenters. The molecule has 26 heavy (non-hydrogen) atoms. The number of ether oxygens (including phenoxy) is 1. The monoisotopic (exact) mass is 374 g/mol. The average molecular weight is 375 g/mol. The molecule has 5 heteroatoms. The Morgan fingerprint density at radius 3 is 2.62 bits per heavy atom. The lowest BCUT2D eigenvalue weighted by molar-refractivity contribution is 0.175. The fourth-order valence-corrected chi connectivity index (χ4v) is 4.22. The Labute approximate surface area is 159 Å². The van der Waals surface area contributed by atoms with Crippen LogP contribution in [0.25, 0.3) is 0 Å². The molecule has 3 nitrogen and oxygen atoms in total. The molecule has 2 aromatic carbocycles. The zero-order valence-corrected chi connectivity index (χ0v) is 15.6. The highest BCUT2D eigenvalue weighted by atomic mass is 35.5. The quantitative estimate of drug-likeness (QED) is 0.790. The van der Waals surface area contributed by atoms with E-state index in [1.54, 1.807) is 6.07 Å². The first-order valence-corrected chi connectivity index (χ1v) is 9.73. The standard InChI is InChI=1S/C21H24ClFN2O/c22-16-7-8-20-18(15-16)21(17-5-1-2-6-19(17)23)25(13-14-26-20)12-11-24-9-3-4-10-24/h1-2,5-8,15,21H,3-4,9-14H2. The van der Waals surface area contributed by atoms with Crippen LogP contribution in [0.2, 0.25) is 5.02 Å². The van der Waals surface area contributed by atoms with Gasteiger partial charge in [0.25, 0.3) is 0 Å². The second kappa shape index (κ2) is 7.95. The zero-order chi connectivity index (χ0) is 17.9. The van der Waals surface area contributed by atoms with Gasteiger partial charge in [0.1, 0.15) is 18.2 Å². The van der Waals surface area contributed by atoms with E-state index in [0.29, 0.717) is 17.2 Å². The number of nitrogens with zero attached hydrogens (tertiary/aromatic N) is 2. The molecule has 0 bridgehead atoms. The Balaban J connectivity index is 1.70. The van der Waals surface area contributed by atoms with Gasteiger partial charge in [-0.1, -0.05) is 29.8 Å². The largest absolute Gasteiger partial charge is 0.492 e. The number of halogens is 2. The van der Waals surface area contributed by atoms with Crippen molar-refractivity contribution in [2.45, 2.75) is 18.9 Å². The van der Waals surface area contributed by atoms with E-state index in [9.17, 15) is 4.39 Å². The molecule has 1 fully saturated rings. The van der Waals surface area contributed by atoms with E-state index in [1.807, 2.05) is 30.3 Å². The first-order chi connectivity index (χ1) is 12.7. The third-order valence-corrected chi connectivity index (χ3v) is 5.60. The number of fused-ring (bicyclic) bond motifs is 1. The third kappa shape index (κ3) is 3.73. The number of rotatable bonds is 4. The predicted octanol–water partition coefficient (Wildman–Crippen LogP) is 4.36. The van der Waals surface area contributed by atoms with Gasteiger partial charge < -0.3 is 9.64 Å². The summed E-state index contributed by atoms with van der Waals surface area (Å²) in [5, 5.41) is 0.648. The van der Waals surface area contributed by atoms with Crippen LogP contribution in [0, 0.1) is 5.82 Å². The molecule has 1 saturated heterocycles. The maximum Gasteiger partial charge on any atom is 0.128 e. The van der Waals surface area contributed by atoms with Gasteiger partial charge in [0.05, 0.1) is 6.04 Å². The van der Waals surface area contributed by atoms with Crippen molar-refractivity contribution in [3.05, 3.63) is 64.4 Å². The molecule has 0 N–H and O–H groups in total. The third-order valence-electron chi connectivity index (χ3n) is 5.37. The zero-order valence-electron chi connectivity index (χ0n) is 14.8. The first kappa shape index (κ1) is 17.8. The van der Waals surface area contributed by atoms with Gasteiger partial charge in [-0.05, 0) is 50.2 Å². The van der Waals surface area contributed by atoms with Gasteiger partial charge >= 0.3 is 0 Å². The summed E-state index contributed by atoms with van der Waals surface area (Å²) in [7, 11) is 0. The fourth-order valence-electron chi connectivity index (χ4n) is 4.04. The van der Waals surface area contributed by atoms with Crippen molar-refractivity contribution in [2.75, 3.05) is 39.3 Å². The summed E-state index contributed by atoms with van der Waals surface area (Å²) < 4.78 is 20.7. The first-order valence-electron chi connectivity index (χ1n) is 9.35. The highest BCUT2D eigenvalue weighted by Gasteiger charge is 2.30. The van der Waals surface area contributed by atoms with Gasteiger partial charge in [0.2, 0.25) is 0 Å². The summed E-state index contributed by atoms with van der Waals surface area (Å²) in [6.45, 7) is 5.57. The normalized spacial score (nSPS) is 21.2. The second-order valence-electron chi connectivity index (χ2n) is 7.04. The Hall–Kier alpha value is -1.62. The average Bonchev–Trinajstić information content (AvgIpc) is 3.09. The van der Waals surface area contributed by atoms with Crippen LogP contribution in [0.1, 0.15) is 30.0 Å². The van der Waals surface area contributed by atoms with Crippen LogP contribution in [0.15, 0.2) is 42.5 Å². The van der Waals surface area contributed by atoms with Gasteiger partial charge in [-0.25, -0.2) is 4.39 Å². The SMILES string of the molecule is Fc1ccccc1C1c2cc(Cl)ccc2OCCN1CCN1CCCC1. The molecule has 0 amide bonds. The molecule has 2 aliphatic rings. The molecule has 138 valence electrons. The van der Waals surface area contributed by atoms with E-state index >= 15 is 0 Å². The molecule has 0 spiro atoms. The van der Waals surface area contributed by atoms with E-state index in [4.69, 9.17) is 16.3 Å².